The van der Waals surface area contributed by atoms with Crippen LogP contribution >= 0.6 is 11.3 Å². The van der Waals surface area contributed by atoms with Gasteiger partial charge in [-0.3, -0.25) is 4.57 Å². The Labute approximate surface area is 325 Å². The van der Waals surface area contributed by atoms with E-state index in [9.17, 15) is 0 Å². The Kier molecular flexibility index (Phi) is 6.76. The maximum Gasteiger partial charge on any atom is 0.238 e. The van der Waals surface area contributed by atoms with Crippen molar-refractivity contribution in [3.8, 4) is 39.9 Å². The molecule has 0 spiro atoms. The van der Waals surface area contributed by atoms with Gasteiger partial charge in [-0.2, -0.15) is 9.97 Å². The van der Waals surface area contributed by atoms with E-state index < -0.39 is 0 Å². The predicted molar refractivity (Wildman–Crippen MR) is 236 cm³/mol. The van der Waals surface area contributed by atoms with Gasteiger partial charge in [-0.05, 0) is 56.8 Å². The van der Waals surface area contributed by atoms with Gasteiger partial charge in [0.15, 0.2) is 11.6 Å². The van der Waals surface area contributed by atoms with Gasteiger partial charge in [-0.25, -0.2) is 4.98 Å². The number of nitrogens with zero attached hydrogens (tertiary/aromatic N) is 4. The highest BCUT2D eigenvalue weighted by Crippen LogP contribution is 2.46. The summed E-state index contributed by atoms with van der Waals surface area (Å²) in [5.74, 6) is 1.84. The molecule has 3 aromatic heterocycles. The smallest absolute Gasteiger partial charge is 0.238 e. The van der Waals surface area contributed by atoms with E-state index in [-0.39, 0.29) is 0 Å². The molecule has 4 nitrogen and oxygen atoms in total. The minimum atomic E-state index is 0.581. The zero-order chi connectivity index (χ0) is 36.7. The van der Waals surface area contributed by atoms with E-state index in [4.69, 9.17) is 15.0 Å². The van der Waals surface area contributed by atoms with Gasteiger partial charge in [-0.1, -0.05) is 158 Å². The molecule has 0 unspecified atom stereocenters. The number of hydrogen-bond acceptors (Lipinski definition) is 4. The molecule has 0 fully saturated rings. The highest BCUT2D eigenvalue weighted by atomic mass is 32.1. The lowest BCUT2D eigenvalue weighted by molar-refractivity contribution is 0.956. The zero-order valence-corrected chi connectivity index (χ0v) is 30.8. The molecule has 12 rings (SSSR count). The van der Waals surface area contributed by atoms with Crippen molar-refractivity contribution in [1.82, 2.24) is 19.5 Å². The second-order valence-corrected chi connectivity index (χ2v) is 15.5. The number of hydrogen-bond donors (Lipinski definition) is 0. The van der Waals surface area contributed by atoms with Crippen LogP contribution in [0.1, 0.15) is 0 Å². The molecule has 12 aromatic rings. The molecule has 0 saturated heterocycles. The Balaban J connectivity index is 1.25. The zero-order valence-electron chi connectivity index (χ0n) is 30.0. The fourth-order valence-electron chi connectivity index (χ4n) is 8.69. The van der Waals surface area contributed by atoms with Gasteiger partial charge in [0.2, 0.25) is 5.95 Å². The van der Waals surface area contributed by atoms with Gasteiger partial charge in [0, 0.05) is 53.0 Å². The normalized spacial score (nSPS) is 11.9. The van der Waals surface area contributed by atoms with E-state index in [0.29, 0.717) is 17.6 Å². The number of rotatable bonds is 4. The van der Waals surface area contributed by atoms with Crippen molar-refractivity contribution in [2.24, 2.45) is 0 Å². The molecule has 0 aliphatic carbocycles. The van der Waals surface area contributed by atoms with Crippen molar-refractivity contribution in [3.05, 3.63) is 182 Å². The molecule has 56 heavy (non-hydrogen) atoms. The van der Waals surface area contributed by atoms with Crippen LogP contribution in [0.4, 0.5) is 0 Å². The molecule has 0 saturated carbocycles. The Morgan fingerprint density at radius 1 is 0.357 bits per heavy atom. The third kappa shape index (κ3) is 4.68. The van der Waals surface area contributed by atoms with Gasteiger partial charge in [0.05, 0.1) is 11.0 Å². The first-order chi connectivity index (χ1) is 27.8. The molecule has 0 radical (unpaired) electrons. The van der Waals surface area contributed by atoms with E-state index in [1.165, 1.54) is 47.1 Å². The number of fused-ring (bicyclic) bond motifs is 12. The summed E-state index contributed by atoms with van der Waals surface area (Å²) in [6.07, 6.45) is 0. The summed E-state index contributed by atoms with van der Waals surface area (Å²) in [6.45, 7) is 0. The molecule has 0 N–H and O–H groups in total. The summed E-state index contributed by atoms with van der Waals surface area (Å²) in [7, 11) is 0. The van der Waals surface area contributed by atoms with Crippen LogP contribution in [0.15, 0.2) is 182 Å². The van der Waals surface area contributed by atoms with E-state index in [1.807, 2.05) is 29.5 Å². The van der Waals surface area contributed by atoms with Crippen LogP contribution in [0.5, 0.6) is 0 Å². The lowest BCUT2D eigenvalue weighted by Gasteiger charge is -2.14. The molecule has 260 valence electrons. The minimum Gasteiger partial charge on any atom is -0.277 e. The summed E-state index contributed by atoms with van der Waals surface area (Å²) in [5, 5.41) is 12.0. The second kappa shape index (κ2) is 12.2. The fraction of sp³-hybridized carbons (Fsp3) is 0. The van der Waals surface area contributed by atoms with Crippen LogP contribution in [-0.2, 0) is 0 Å². The summed E-state index contributed by atoms with van der Waals surface area (Å²) in [6, 6.07) is 65.0. The monoisotopic (exact) mass is 730 g/mol. The third-order valence-corrected chi connectivity index (χ3v) is 12.4. The molecule has 9 aromatic carbocycles. The Morgan fingerprint density at radius 3 is 1.82 bits per heavy atom. The fourth-order valence-corrected chi connectivity index (χ4v) is 9.78. The Morgan fingerprint density at radius 2 is 0.982 bits per heavy atom. The van der Waals surface area contributed by atoms with Gasteiger partial charge in [0.1, 0.15) is 0 Å². The van der Waals surface area contributed by atoms with Crippen molar-refractivity contribution in [2.75, 3.05) is 0 Å². The topological polar surface area (TPSA) is 43.6 Å². The van der Waals surface area contributed by atoms with E-state index in [2.05, 4.69) is 168 Å². The van der Waals surface area contributed by atoms with Crippen molar-refractivity contribution in [2.45, 2.75) is 0 Å². The van der Waals surface area contributed by atoms with E-state index in [0.717, 1.165) is 49.4 Å². The molecular formula is C51H30N4S. The van der Waals surface area contributed by atoms with Crippen LogP contribution in [0.2, 0.25) is 0 Å². The Bertz CT molecular complexity index is 3540. The van der Waals surface area contributed by atoms with Crippen molar-refractivity contribution in [3.63, 3.8) is 0 Å². The SMILES string of the molecule is c1ccc(-c2nc(-c3ccc4ccccc4c3)nc(-n3c4c(-c5ccc6sc7ccccc7c6c5)cccc4c4c5ccccc5c5ccccc5c43)n2)cc1. The molecule has 0 bridgehead atoms. The lowest BCUT2D eigenvalue weighted by Crippen LogP contribution is -2.07. The quantitative estimate of drug-likeness (QED) is 0.169. The molecular weight excluding hydrogens is 701 g/mol. The molecule has 5 heteroatoms. The third-order valence-electron chi connectivity index (χ3n) is 11.2. The van der Waals surface area contributed by atoms with Crippen LogP contribution in [0, 0.1) is 0 Å². The average Bonchev–Trinajstić information content (AvgIpc) is 3.83. The summed E-state index contributed by atoms with van der Waals surface area (Å²) in [4.78, 5) is 16.0. The van der Waals surface area contributed by atoms with Gasteiger partial charge in [-0.15, -0.1) is 11.3 Å². The first-order valence-electron chi connectivity index (χ1n) is 18.9. The first-order valence-corrected chi connectivity index (χ1v) is 19.7. The first kappa shape index (κ1) is 31.2. The van der Waals surface area contributed by atoms with Crippen LogP contribution in [-0.4, -0.2) is 19.5 Å². The molecule has 0 aliphatic rings. The average molecular weight is 731 g/mol. The standard InChI is InChI=1S/C51H30N4S/c1-2-14-32(15-3-1)49-52-50(35-26-25-31-13-4-5-16-33(31)29-35)54-51(53-49)55-47-36(34-27-28-45-43(30-34)39-19-10-11-24-44(39)56-45)22-12-23-42(47)46-40-20-8-6-17-37(40)38-18-7-9-21-41(38)48(46)55/h1-30H. The largest absolute Gasteiger partial charge is 0.277 e. The van der Waals surface area contributed by atoms with E-state index in [1.54, 1.807) is 0 Å². The molecule has 0 atom stereocenters. The second-order valence-electron chi connectivity index (χ2n) is 14.4. The van der Waals surface area contributed by atoms with Crippen molar-refractivity contribution >= 4 is 85.6 Å². The number of thiophene rings is 1. The minimum absolute atomic E-state index is 0.581. The molecule has 0 amide bonds. The van der Waals surface area contributed by atoms with E-state index >= 15 is 0 Å². The highest BCUT2D eigenvalue weighted by Gasteiger charge is 2.24. The molecule has 0 aliphatic heterocycles. The number of para-hydroxylation sites is 1. The van der Waals surface area contributed by atoms with Crippen molar-refractivity contribution < 1.29 is 0 Å². The van der Waals surface area contributed by atoms with Gasteiger partial charge < -0.3 is 0 Å². The van der Waals surface area contributed by atoms with Crippen molar-refractivity contribution in [1.29, 1.82) is 0 Å². The predicted octanol–water partition coefficient (Wildman–Crippen LogP) is 13.8. The van der Waals surface area contributed by atoms with Gasteiger partial charge in [0.25, 0.3) is 0 Å². The maximum absolute atomic E-state index is 5.43. The summed E-state index contributed by atoms with van der Waals surface area (Å²) >= 11 is 1.84. The van der Waals surface area contributed by atoms with Crippen LogP contribution in [0.3, 0.4) is 0 Å². The summed E-state index contributed by atoms with van der Waals surface area (Å²) < 4.78 is 4.90. The summed E-state index contributed by atoms with van der Waals surface area (Å²) in [5.41, 5.74) is 6.30. The number of benzene rings is 9. The Hall–Kier alpha value is -7.21. The van der Waals surface area contributed by atoms with Gasteiger partial charge >= 0.3 is 0 Å². The molecule has 3 heterocycles. The maximum atomic E-state index is 5.43. The highest BCUT2D eigenvalue weighted by molar-refractivity contribution is 7.25. The lowest BCUT2D eigenvalue weighted by atomic mass is 9.95. The number of aromatic nitrogens is 4. The van der Waals surface area contributed by atoms with Crippen LogP contribution < -0.4 is 0 Å². The van der Waals surface area contributed by atoms with Crippen LogP contribution in [0.25, 0.3) is 114 Å².